The standard InChI is InChI=1S/C21H18ClN3O3S/c22-17-9-4-8-16(12-17)13-23-21-24-20-18(10-5-11-19(20)28-21)25-29(26,27)14-15-6-2-1-3-7-15/h1-12,25H,13-14H2,(H,23,24). The van der Waals surface area contributed by atoms with Crippen molar-refractivity contribution in [1.82, 2.24) is 4.98 Å². The molecule has 0 amide bonds. The van der Waals surface area contributed by atoms with Crippen LogP contribution in [0.2, 0.25) is 5.02 Å². The van der Waals surface area contributed by atoms with Crippen LogP contribution in [-0.4, -0.2) is 13.4 Å². The summed E-state index contributed by atoms with van der Waals surface area (Å²) in [5.74, 6) is -0.123. The topological polar surface area (TPSA) is 84.2 Å². The van der Waals surface area contributed by atoms with Gasteiger partial charge in [0.05, 0.1) is 11.4 Å². The van der Waals surface area contributed by atoms with Gasteiger partial charge in [-0.1, -0.05) is 60.1 Å². The maximum atomic E-state index is 12.6. The lowest BCUT2D eigenvalue weighted by atomic mass is 10.2. The zero-order chi connectivity index (χ0) is 20.3. The maximum absolute atomic E-state index is 12.6. The molecule has 0 fully saturated rings. The first-order chi connectivity index (χ1) is 14.0. The van der Waals surface area contributed by atoms with Crippen molar-refractivity contribution in [2.75, 3.05) is 10.0 Å². The Morgan fingerprint density at radius 2 is 1.69 bits per heavy atom. The number of rotatable bonds is 7. The van der Waals surface area contributed by atoms with E-state index in [1.54, 1.807) is 48.5 Å². The molecule has 0 aliphatic heterocycles. The van der Waals surface area contributed by atoms with Crippen molar-refractivity contribution in [3.63, 3.8) is 0 Å². The molecule has 29 heavy (non-hydrogen) atoms. The Morgan fingerprint density at radius 3 is 2.48 bits per heavy atom. The van der Waals surface area contributed by atoms with Gasteiger partial charge in [-0.2, -0.15) is 4.98 Å². The molecule has 0 spiro atoms. The van der Waals surface area contributed by atoms with Gasteiger partial charge in [0.2, 0.25) is 10.0 Å². The Kier molecular flexibility index (Phi) is 5.42. The minimum Gasteiger partial charge on any atom is -0.423 e. The normalized spacial score (nSPS) is 11.5. The van der Waals surface area contributed by atoms with Gasteiger partial charge in [-0.05, 0) is 35.4 Å². The fourth-order valence-electron chi connectivity index (χ4n) is 2.93. The Hall–Kier alpha value is -3.03. The average Bonchev–Trinajstić information content (AvgIpc) is 3.11. The number of aromatic nitrogens is 1. The molecule has 0 aliphatic rings. The van der Waals surface area contributed by atoms with Crippen molar-refractivity contribution >= 4 is 44.4 Å². The van der Waals surface area contributed by atoms with Gasteiger partial charge in [-0.15, -0.1) is 0 Å². The SMILES string of the molecule is O=S(=O)(Cc1ccccc1)Nc1cccc2oc(NCc3cccc(Cl)c3)nc12. The van der Waals surface area contributed by atoms with Crippen molar-refractivity contribution in [3.8, 4) is 0 Å². The van der Waals surface area contributed by atoms with Crippen molar-refractivity contribution in [3.05, 3.63) is 88.9 Å². The van der Waals surface area contributed by atoms with Gasteiger partial charge in [0.1, 0.15) is 5.52 Å². The maximum Gasteiger partial charge on any atom is 0.296 e. The Labute approximate surface area is 173 Å². The molecule has 0 atom stereocenters. The van der Waals surface area contributed by atoms with E-state index >= 15 is 0 Å². The lowest BCUT2D eigenvalue weighted by molar-refractivity contribution is 0.600. The fourth-order valence-corrected chi connectivity index (χ4v) is 4.34. The van der Waals surface area contributed by atoms with E-state index in [0.29, 0.717) is 39.9 Å². The monoisotopic (exact) mass is 427 g/mol. The van der Waals surface area contributed by atoms with E-state index in [2.05, 4.69) is 15.0 Å². The molecule has 2 N–H and O–H groups in total. The minimum atomic E-state index is -3.60. The van der Waals surface area contributed by atoms with Crippen molar-refractivity contribution in [2.45, 2.75) is 12.3 Å². The van der Waals surface area contributed by atoms with Gasteiger partial charge in [0.15, 0.2) is 5.58 Å². The number of halogens is 1. The Morgan fingerprint density at radius 1 is 0.931 bits per heavy atom. The summed E-state index contributed by atoms with van der Waals surface area (Å²) < 4.78 is 33.4. The Bertz CT molecular complexity index is 1240. The third-order valence-electron chi connectivity index (χ3n) is 4.22. The van der Waals surface area contributed by atoms with Crippen LogP contribution in [0.4, 0.5) is 11.7 Å². The summed E-state index contributed by atoms with van der Waals surface area (Å²) in [6.45, 7) is 0.475. The molecular weight excluding hydrogens is 410 g/mol. The van der Waals surface area contributed by atoms with E-state index in [-0.39, 0.29) is 5.75 Å². The molecule has 0 saturated heterocycles. The van der Waals surface area contributed by atoms with Gasteiger partial charge in [0.25, 0.3) is 6.01 Å². The number of fused-ring (bicyclic) bond motifs is 1. The quantitative estimate of drug-likeness (QED) is 0.432. The van der Waals surface area contributed by atoms with Crippen LogP contribution in [0.25, 0.3) is 11.1 Å². The summed E-state index contributed by atoms with van der Waals surface area (Å²) in [4.78, 5) is 4.40. The summed E-state index contributed by atoms with van der Waals surface area (Å²) >= 11 is 6.00. The number of anilines is 2. The molecule has 0 radical (unpaired) electrons. The van der Waals surface area contributed by atoms with Crippen LogP contribution >= 0.6 is 11.6 Å². The lowest BCUT2D eigenvalue weighted by Crippen LogP contribution is -2.15. The van der Waals surface area contributed by atoms with Crippen LogP contribution in [0.15, 0.2) is 77.2 Å². The predicted octanol–water partition coefficient (Wildman–Crippen LogP) is 5.04. The molecule has 0 bridgehead atoms. The molecule has 4 aromatic rings. The third kappa shape index (κ3) is 4.88. The summed E-state index contributed by atoms with van der Waals surface area (Å²) in [7, 11) is -3.60. The zero-order valence-corrected chi connectivity index (χ0v) is 16.9. The number of hydrogen-bond acceptors (Lipinski definition) is 5. The number of para-hydroxylation sites is 1. The molecule has 148 valence electrons. The van der Waals surface area contributed by atoms with Crippen molar-refractivity contribution in [1.29, 1.82) is 0 Å². The molecule has 0 unspecified atom stereocenters. The first-order valence-electron chi connectivity index (χ1n) is 8.91. The lowest BCUT2D eigenvalue weighted by Gasteiger charge is -2.08. The highest BCUT2D eigenvalue weighted by Crippen LogP contribution is 2.27. The largest absolute Gasteiger partial charge is 0.423 e. The number of sulfonamides is 1. The Balaban J connectivity index is 1.53. The van der Waals surface area contributed by atoms with Crippen molar-refractivity contribution < 1.29 is 12.8 Å². The molecule has 1 heterocycles. The molecule has 6 nitrogen and oxygen atoms in total. The van der Waals surface area contributed by atoms with E-state index in [1.165, 1.54) is 0 Å². The number of nitrogens with one attached hydrogen (secondary N) is 2. The molecule has 3 aromatic carbocycles. The molecule has 0 aliphatic carbocycles. The van der Waals surface area contributed by atoms with Crippen LogP contribution in [-0.2, 0) is 22.3 Å². The fraction of sp³-hybridized carbons (Fsp3) is 0.0952. The summed E-state index contributed by atoms with van der Waals surface area (Å²) in [6, 6.07) is 21.9. The first-order valence-corrected chi connectivity index (χ1v) is 10.9. The van der Waals surface area contributed by atoms with Crippen LogP contribution in [0.3, 0.4) is 0 Å². The summed E-state index contributed by atoms with van der Waals surface area (Å²) in [5.41, 5.74) is 2.98. The second-order valence-corrected chi connectivity index (χ2v) is 8.66. The van der Waals surface area contributed by atoms with Crippen LogP contribution in [0.5, 0.6) is 0 Å². The molecular formula is C21H18ClN3O3S. The van der Waals surface area contributed by atoms with Gasteiger partial charge >= 0.3 is 0 Å². The third-order valence-corrected chi connectivity index (χ3v) is 5.70. The van der Waals surface area contributed by atoms with Gasteiger partial charge in [-0.3, -0.25) is 4.72 Å². The predicted molar refractivity (Wildman–Crippen MR) is 115 cm³/mol. The second-order valence-electron chi connectivity index (χ2n) is 6.50. The zero-order valence-electron chi connectivity index (χ0n) is 15.3. The second kappa shape index (κ2) is 8.14. The highest BCUT2D eigenvalue weighted by Gasteiger charge is 2.16. The van der Waals surface area contributed by atoms with E-state index in [4.69, 9.17) is 16.0 Å². The number of hydrogen-bond donors (Lipinski definition) is 2. The first kappa shape index (κ1) is 19.3. The number of benzene rings is 3. The summed E-state index contributed by atoms with van der Waals surface area (Å²) in [5, 5.41) is 3.74. The van der Waals surface area contributed by atoms with E-state index in [9.17, 15) is 8.42 Å². The summed E-state index contributed by atoms with van der Waals surface area (Å²) in [6.07, 6.45) is 0. The van der Waals surface area contributed by atoms with E-state index < -0.39 is 10.0 Å². The van der Waals surface area contributed by atoms with Gasteiger partial charge < -0.3 is 9.73 Å². The molecule has 1 aromatic heterocycles. The smallest absolute Gasteiger partial charge is 0.296 e. The van der Waals surface area contributed by atoms with Crippen molar-refractivity contribution in [2.24, 2.45) is 0 Å². The van der Waals surface area contributed by atoms with Crippen LogP contribution in [0.1, 0.15) is 11.1 Å². The molecule has 4 rings (SSSR count). The molecule has 8 heteroatoms. The van der Waals surface area contributed by atoms with Gasteiger partial charge in [0, 0.05) is 11.6 Å². The minimum absolute atomic E-state index is 0.123. The van der Waals surface area contributed by atoms with Gasteiger partial charge in [-0.25, -0.2) is 8.42 Å². The van der Waals surface area contributed by atoms with Crippen LogP contribution in [0, 0.1) is 0 Å². The van der Waals surface area contributed by atoms with Crippen LogP contribution < -0.4 is 10.0 Å². The number of nitrogens with zero attached hydrogens (tertiary/aromatic N) is 1. The average molecular weight is 428 g/mol. The van der Waals surface area contributed by atoms with E-state index in [0.717, 1.165) is 5.56 Å². The highest BCUT2D eigenvalue weighted by atomic mass is 35.5. The van der Waals surface area contributed by atoms with E-state index in [1.807, 2.05) is 24.3 Å². The number of oxazole rings is 1. The molecule has 0 saturated carbocycles. The highest BCUT2D eigenvalue weighted by molar-refractivity contribution is 7.91.